The van der Waals surface area contributed by atoms with Gasteiger partial charge in [-0.2, -0.15) is 5.10 Å². The summed E-state index contributed by atoms with van der Waals surface area (Å²) in [7, 11) is 1.46. The van der Waals surface area contributed by atoms with Crippen LogP contribution in [0.5, 0.6) is 11.5 Å². The molecule has 7 heteroatoms. The maximum absolute atomic E-state index is 11.8. The number of nitrogens with zero attached hydrogens (tertiary/aromatic N) is 1. The molecule has 0 unspecified atom stereocenters. The van der Waals surface area contributed by atoms with Crippen LogP contribution in [0.2, 0.25) is 5.02 Å². The van der Waals surface area contributed by atoms with E-state index < -0.39 is 0 Å². The topological polar surface area (TPSA) is 83.0 Å². The van der Waals surface area contributed by atoms with Gasteiger partial charge in [0, 0.05) is 16.3 Å². The summed E-state index contributed by atoms with van der Waals surface area (Å²) in [6.45, 7) is 1.91. The standard InChI is InChI=1S/C17H18ClN3O3/c1-11-13(18)6-4-7-14(11)19-10-16(22)21-20-9-12-5-3-8-15(24-2)17(12)23/h3-9,19,23H,10H2,1-2H3,(H,21,22). The summed E-state index contributed by atoms with van der Waals surface area (Å²) >= 11 is 6.02. The van der Waals surface area contributed by atoms with Crippen molar-refractivity contribution in [1.82, 2.24) is 5.43 Å². The number of carbonyl (C=O) groups excluding carboxylic acids is 1. The highest BCUT2D eigenvalue weighted by atomic mass is 35.5. The second kappa shape index (κ2) is 8.21. The molecular formula is C17H18ClN3O3. The Hall–Kier alpha value is -2.73. The van der Waals surface area contributed by atoms with E-state index in [1.807, 2.05) is 13.0 Å². The Morgan fingerprint density at radius 3 is 2.83 bits per heavy atom. The Bertz CT molecular complexity index is 763. The summed E-state index contributed by atoms with van der Waals surface area (Å²) in [4.78, 5) is 11.8. The van der Waals surface area contributed by atoms with Crippen molar-refractivity contribution in [3.8, 4) is 11.5 Å². The van der Waals surface area contributed by atoms with Gasteiger partial charge in [-0.05, 0) is 36.8 Å². The van der Waals surface area contributed by atoms with Crippen LogP contribution >= 0.6 is 11.6 Å². The third-order valence-electron chi connectivity index (χ3n) is 3.35. The van der Waals surface area contributed by atoms with Crippen molar-refractivity contribution >= 4 is 29.4 Å². The lowest BCUT2D eigenvalue weighted by Crippen LogP contribution is -2.26. The summed E-state index contributed by atoms with van der Waals surface area (Å²) in [5.41, 5.74) is 4.48. The monoisotopic (exact) mass is 347 g/mol. The Balaban J connectivity index is 1.90. The molecule has 0 saturated heterocycles. The number of halogens is 1. The SMILES string of the molecule is COc1cccc(C=NNC(=O)CNc2cccc(Cl)c2C)c1O. The Morgan fingerprint density at radius 2 is 2.08 bits per heavy atom. The molecule has 126 valence electrons. The van der Waals surface area contributed by atoms with Crippen LogP contribution in [-0.4, -0.2) is 30.9 Å². The summed E-state index contributed by atoms with van der Waals surface area (Å²) in [5, 5.41) is 17.4. The zero-order chi connectivity index (χ0) is 17.5. The number of hydrogen-bond acceptors (Lipinski definition) is 5. The first-order valence-corrected chi connectivity index (χ1v) is 7.57. The minimum atomic E-state index is -0.326. The van der Waals surface area contributed by atoms with Crippen LogP contribution in [0.15, 0.2) is 41.5 Å². The fraction of sp³-hybridized carbons (Fsp3) is 0.176. The van der Waals surface area contributed by atoms with Gasteiger partial charge < -0.3 is 15.2 Å². The van der Waals surface area contributed by atoms with Crippen molar-refractivity contribution in [2.24, 2.45) is 5.10 Å². The molecular weight excluding hydrogens is 330 g/mol. The average molecular weight is 348 g/mol. The fourth-order valence-electron chi connectivity index (χ4n) is 2.00. The van der Waals surface area contributed by atoms with E-state index in [2.05, 4.69) is 15.8 Å². The van der Waals surface area contributed by atoms with Crippen LogP contribution in [0.3, 0.4) is 0 Å². The highest BCUT2D eigenvalue weighted by Crippen LogP contribution is 2.27. The van der Waals surface area contributed by atoms with Crippen molar-refractivity contribution in [1.29, 1.82) is 0 Å². The minimum absolute atomic E-state index is 0.0364. The molecule has 2 aromatic carbocycles. The predicted octanol–water partition coefficient (Wildman–Crippen LogP) is 2.92. The zero-order valence-corrected chi connectivity index (χ0v) is 14.1. The first kappa shape index (κ1) is 17.6. The summed E-state index contributed by atoms with van der Waals surface area (Å²) in [6, 6.07) is 10.4. The van der Waals surface area contributed by atoms with Crippen molar-refractivity contribution < 1.29 is 14.6 Å². The quantitative estimate of drug-likeness (QED) is 0.554. The Kier molecular flexibility index (Phi) is 6.03. The van der Waals surface area contributed by atoms with Gasteiger partial charge in [0.25, 0.3) is 5.91 Å². The van der Waals surface area contributed by atoms with Gasteiger partial charge >= 0.3 is 0 Å². The van der Waals surface area contributed by atoms with E-state index in [0.29, 0.717) is 16.3 Å². The van der Waals surface area contributed by atoms with Crippen molar-refractivity contribution in [2.75, 3.05) is 19.0 Å². The Morgan fingerprint density at radius 1 is 1.33 bits per heavy atom. The molecule has 0 aliphatic heterocycles. The van der Waals surface area contributed by atoms with Gasteiger partial charge in [-0.15, -0.1) is 0 Å². The number of phenols is 1. The molecule has 1 amide bonds. The number of benzene rings is 2. The van der Waals surface area contributed by atoms with E-state index in [0.717, 1.165) is 11.3 Å². The number of aromatic hydroxyl groups is 1. The van der Waals surface area contributed by atoms with Crippen LogP contribution in [-0.2, 0) is 4.79 Å². The minimum Gasteiger partial charge on any atom is -0.504 e. The number of anilines is 1. The van der Waals surface area contributed by atoms with Gasteiger partial charge in [0.1, 0.15) is 0 Å². The van der Waals surface area contributed by atoms with E-state index >= 15 is 0 Å². The number of amides is 1. The number of ether oxygens (including phenoxy) is 1. The highest BCUT2D eigenvalue weighted by Gasteiger charge is 2.06. The summed E-state index contributed by atoms with van der Waals surface area (Å²) in [6.07, 6.45) is 1.35. The number of hydrogen-bond donors (Lipinski definition) is 3. The van der Waals surface area contributed by atoms with Crippen LogP contribution in [0.4, 0.5) is 5.69 Å². The molecule has 0 aromatic heterocycles. The van der Waals surface area contributed by atoms with E-state index in [-0.39, 0.29) is 18.2 Å². The van der Waals surface area contributed by atoms with Gasteiger partial charge in [-0.3, -0.25) is 4.79 Å². The van der Waals surface area contributed by atoms with Crippen molar-refractivity contribution in [3.63, 3.8) is 0 Å². The molecule has 0 spiro atoms. The molecule has 0 bridgehead atoms. The van der Waals surface area contributed by atoms with E-state index in [1.54, 1.807) is 30.3 Å². The lowest BCUT2D eigenvalue weighted by molar-refractivity contribution is -0.119. The van der Waals surface area contributed by atoms with Crippen LogP contribution < -0.4 is 15.5 Å². The second-order valence-corrected chi connectivity index (χ2v) is 5.36. The third-order valence-corrected chi connectivity index (χ3v) is 3.76. The number of hydrazone groups is 1. The maximum atomic E-state index is 11.8. The number of carbonyl (C=O) groups is 1. The van der Waals surface area contributed by atoms with Gasteiger partial charge in [-0.25, -0.2) is 5.43 Å². The first-order chi connectivity index (χ1) is 11.5. The van der Waals surface area contributed by atoms with Crippen molar-refractivity contribution in [3.05, 3.63) is 52.5 Å². The normalized spacial score (nSPS) is 10.6. The molecule has 0 heterocycles. The van der Waals surface area contributed by atoms with Crippen molar-refractivity contribution in [2.45, 2.75) is 6.92 Å². The number of para-hydroxylation sites is 1. The molecule has 24 heavy (non-hydrogen) atoms. The smallest absolute Gasteiger partial charge is 0.259 e. The average Bonchev–Trinajstić information content (AvgIpc) is 2.58. The third kappa shape index (κ3) is 4.39. The number of methoxy groups -OCH3 is 1. The lowest BCUT2D eigenvalue weighted by Gasteiger charge is -2.09. The van der Waals surface area contributed by atoms with E-state index in [9.17, 15) is 9.90 Å². The molecule has 6 nitrogen and oxygen atoms in total. The van der Waals surface area contributed by atoms with Gasteiger partial charge in [-0.1, -0.05) is 23.7 Å². The largest absolute Gasteiger partial charge is 0.504 e. The molecule has 0 aliphatic carbocycles. The molecule has 2 aromatic rings. The molecule has 0 aliphatic rings. The van der Waals surface area contributed by atoms with Crippen LogP contribution in [0, 0.1) is 6.92 Å². The Labute approximate surface area is 145 Å². The molecule has 0 radical (unpaired) electrons. The molecule has 0 saturated carbocycles. The molecule has 0 atom stereocenters. The summed E-state index contributed by atoms with van der Waals surface area (Å²) < 4.78 is 5.00. The zero-order valence-electron chi connectivity index (χ0n) is 13.3. The molecule has 0 fully saturated rings. The molecule has 2 rings (SSSR count). The number of nitrogens with one attached hydrogen (secondary N) is 2. The van der Waals surface area contributed by atoms with Crippen LogP contribution in [0.25, 0.3) is 0 Å². The summed E-state index contributed by atoms with van der Waals surface area (Å²) in [5.74, 6) is -0.0259. The number of phenolic OH excluding ortho intramolecular Hbond substituents is 1. The fourth-order valence-corrected chi connectivity index (χ4v) is 2.17. The lowest BCUT2D eigenvalue weighted by atomic mass is 10.2. The van der Waals surface area contributed by atoms with Gasteiger partial charge in [0.15, 0.2) is 11.5 Å². The first-order valence-electron chi connectivity index (χ1n) is 7.19. The second-order valence-electron chi connectivity index (χ2n) is 4.96. The van der Waals surface area contributed by atoms with E-state index in [1.165, 1.54) is 13.3 Å². The van der Waals surface area contributed by atoms with E-state index in [4.69, 9.17) is 16.3 Å². The van der Waals surface area contributed by atoms with Gasteiger partial charge in [0.2, 0.25) is 0 Å². The van der Waals surface area contributed by atoms with Crippen LogP contribution in [0.1, 0.15) is 11.1 Å². The number of rotatable bonds is 6. The van der Waals surface area contributed by atoms with Gasteiger partial charge in [0.05, 0.1) is 19.9 Å². The highest BCUT2D eigenvalue weighted by molar-refractivity contribution is 6.31. The maximum Gasteiger partial charge on any atom is 0.259 e. The predicted molar refractivity (Wildman–Crippen MR) is 95.1 cm³/mol. The molecule has 3 N–H and O–H groups in total.